The van der Waals surface area contributed by atoms with Crippen LogP contribution in [-0.2, 0) is 0 Å². The summed E-state index contributed by atoms with van der Waals surface area (Å²) in [6, 6.07) is 0. The van der Waals surface area contributed by atoms with Crippen molar-refractivity contribution in [3.05, 3.63) is 0 Å². The summed E-state index contributed by atoms with van der Waals surface area (Å²) in [6.07, 6.45) is 0. The van der Waals surface area contributed by atoms with Crippen LogP contribution < -0.4 is 0 Å². The standard InChI is InChI=1S/ClH.Mg.6H2O/h1H;;6*1H2/q;+2;;;;;;/p-2. The van der Waals surface area contributed by atoms with Gasteiger partial charge >= 0.3 is 23.1 Å². The Morgan fingerprint density at radius 2 is 0.500 bits per heavy atom. The molecule has 0 aromatic rings. The van der Waals surface area contributed by atoms with Crippen molar-refractivity contribution in [1.29, 1.82) is 0 Å². The van der Waals surface area contributed by atoms with Gasteiger partial charge in [-0.15, -0.1) is 12.4 Å². The average Bonchev–Trinajstić information content (AvgIpc) is 0. The predicted octanol–water partition coefficient (Wildman–Crippen LogP) is -3.61. The molecule has 0 spiro atoms. The summed E-state index contributed by atoms with van der Waals surface area (Å²) in [4.78, 5) is 0. The minimum absolute atomic E-state index is 0. The molecule has 0 heterocycles. The molecule has 0 rings (SSSR count). The van der Waals surface area contributed by atoms with Crippen molar-refractivity contribution in [2.45, 2.75) is 0 Å². The first-order valence-electron chi connectivity index (χ1n) is 0. The summed E-state index contributed by atoms with van der Waals surface area (Å²) >= 11 is 0. The molecule has 0 aliphatic carbocycles. The Hall–Kier alpha value is 0.816. The first-order valence-corrected chi connectivity index (χ1v) is 0. The van der Waals surface area contributed by atoms with Crippen LogP contribution in [0.4, 0.5) is 0 Å². The molecule has 0 atom stereocenters. The fourth-order valence-electron chi connectivity index (χ4n) is 0. The Morgan fingerprint density at radius 3 is 0.500 bits per heavy atom. The number of halogens is 1. The van der Waals surface area contributed by atoms with Crippen LogP contribution in [-0.4, -0.2) is 55.9 Å². The van der Waals surface area contributed by atoms with Crippen molar-refractivity contribution >= 4 is 35.5 Å². The van der Waals surface area contributed by atoms with Crippen LogP contribution in [0.3, 0.4) is 0 Å². The average molecular weight is 167 g/mol. The first-order chi connectivity index (χ1) is 0. The van der Waals surface area contributed by atoms with Gasteiger partial charge in [-0.2, -0.15) is 0 Å². The van der Waals surface area contributed by atoms with Crippen molar-refractivity contribution in [3.63, 3.8) is 0 Å². The fraction of sp³-hybridized carbons (Fsp3) is 0. The van der Waals surface area contributed by atoms with Gasteiger partial charge in [-0.3, -0.25) is 0 Å². The van der Waals surface area contributed by atoms with E-state index in [1.54, 1.807) is 0 Å². The molecular weight excluding hydrogens is 156 g/mol. The summed E-state index contributed by atoms with van der Waals surface area (Å²) in [7, 11) is 0. The van der Waals surface area contributed by atoms with E-state index in [1.165, 1.54) is 0 Å². The Bertz CT molecular complexity index is 8.49. The van der Waals surface area contributed by atoms with Gasteiger partial charge in [0.15, 0.2) is 0 Å². The molecule has 0 amide bonds. The van der Waals surface area contributed by atoms with Crippen molar-refractivity contribution in [3.8, 4) is 0 Å². The molecule has 0 aromatic carbocycles. The van der Waals surface area contributed by atoms with E-state index in [0.29, 0.717) is 0 Å². The SMILES string of the molecule is Cl.O.O.O.O.[Mg+2].[OH-].[OH-]. The summed E-state index contributed by atoms with van der Waals surface area (Å²) in [6.45, 7) is 0. The van der Waals surface area contributed by atoms with Crippen molar-refractivity contribution in [2.75, 3.05) is 0 Å². The van der Waals surface area contributed by atoms with E-state index in [0.717, 1.165) is 0 Å². The first kappa shape index (κ1) is 808. The molecule has 6 nitrogen and oxygen atoms in total. The predicted molar refractivity (Wildman–Crippen MR) is 31.3 cm³/mol. The maximum absolute atomic E-state index is 0. The fourth-order valence-corrected chi connectivity index (χ4v) is 0. The van der Waals surface area contributed by atoms with Gasteiger partial charge in [0.25, 0.3) is 0 Å². The molecule has 0 saturated carbocycles. The molecular formula is H11ClMgO6. The van der Waals surface area contributed by atoms with Gasteiger partial charge in [0.1, 0.15) is 0 Å². The summed E-state index contributed by atoms with van der Waals surface area (Å²) in [5.41, 5.74) is 0. The minimum atomic E-state index is 0. The van der Waals surface area contributed by atoms with E-state index in [2.05, 4.69) is 0 Å². The second-order valence-electron chi connectivity index (χ2n) is 0. The quantitative estimate of drug-likeness (QED) is 0.337. The largest absolute Gasteiger partial charge is 2.00 e. The van der Waals surface area contributed by atoms with Crippen LogP contribution >= 0.6 is 12.4 Å². The summed E-state index contributed by atoms with van der Waals surface area (Å²) in [5.74, 6) is 0. The number of rotatable bonds is 0. The number of hydrogen-bond donors (Lipinski definition) is 0. The second kappa shape index (κ2) is 545. The smallest absolute Gasteiger partial charge is 0.870 e. The topological polar surface area (TPSA) is 186 Å². The Morgan fingerprint density at radius 1 is 0.500 bits per heavy atom. The molecule has 10 N–H and O–H groups in total. The monoisotopic (exact) mass is 166 g/mol. The van der Waals surface area contributed by atoms with Crippen molar-refractivity contribution < 1.29 is 32.9 Å². The maximum Gasteiger partial charge on any atom is 2.00 e. The maximum atomic E-state index is 0. The zero-order chi connectivity index (χ0) is 0. The molecule has 0 fully saturated rings. The molecule has 0 aliphatic heterocycles. The molecule has 0 bridgehead atoms. The van der Waals surface area contributed by atoms with E-state index in [-0.39, 0.29) is 68.3 Å². The van der Waals surface area contributed by atoms with Gasteiger partial charge in [-0.05, 0) is 0 Å². The summed E-state index contributed by atoms with van der Waals surface area (Å²) < 4.78 is 0. The molecule has 0 unspecified atom stereocenters. The van der Waals surface area contributed by atoms with Crippen LogP contribution in [0, 0.1) is 0 Å². The molecule has 0 aliphatic rings. The Labute approximate surface area is 68.7 Å². The van der Waals surface area contributed by atoms with Gasteiger partial charge < -0.3 is 32.9 Å². The second-order valence-corrected chi connectivity index (χ2v) is 0. The van der Waals surface area contributed by atoms with E-state index >= 15 is 0 Å². The van der Waals surface area contributed by atoms with Crippen LogP contribution in [0.25, 0.3) is 0 Å². The molecule has 0 saturated heterocycles. The Kier molecular flexibility index (Phi) is 55100. The summed E-state index contributed by atoms with van der Waals surface area (Å²) in [5, 5.41) is 0. The van der Waals surface area contributed by atoms with Crippen LogP contribution in [0.1, 0.15) is 0 Å². The normalized spacial score (nSPS) is 0. The van der Waals surface area contributed by atoms with Gasteiger partial charge in [0.05, 0.1) is 0 Å². The Balaban J connectivity index is 0. The zero-order valence-corrected chi connectivity index (χ0v) is 6.24. The zero-order valence-electron chi connectivity index (χ0n) is 4.01. The number of hydrogen-bond acceptors (Lipinski definition) is 2. The van der Waals surface area contributed by atoms with Gasteiger partial charge in [-0.25, -0.2) is 0 Å². The van der Waals surface area contributed by atoms with Gasteiger partial charge in [0.2, 0.25) is 0 Å². The molecule has 8 heteroatoms. The molecule has 56 valence electrons. The van der Waals surface area contributed by atoms with E-state index in [4.69, 9.17) is 0 Å². The molecule has 8 heavy (non-hydrogen) atoms. The van der Waals surface area contributed by atoms with E-state index in [9.17, 15) is 0 Å². The van der Waals surface area contributed by atoms with Gasteiger partial charge in [0, 0.05) is 0 Å². The van der Waals surface area contributed by atoms with Crippen LogP contribution in [0.15, 0.2) is 0 Å². The van der Waals surface area contributed by atoms with Crippen molar-refractivity contribution in [2.24, 2.45) is 0 Å². The van der Waals surface area contributed by atoms with Gasteiger partial charge in [-0.1, -0.05) is 0 Å². The van der Waals surface area contributed by atoms with E-state index < -0.39 is 0 Å². The molecule has 0 radical (unpaired) electrons. The minimum Gasteiger partial charge on any atom is -0.870 e. The third-order valence-electron chi connectivity index (χ3n) is 0. The van der Waals surface area contributed by atoms with Crippen LogP contribution in [0.2, 0.25) is 0 Å². The molecule has 0 aromatic heterocycles. The third kappa shape index (κ3) is 346. The van der Waals surface area contributed by atoms with Crippen molar-refractivity contribution in [1.82, 2.24) is 0 Å². The van der Waals surface area contributed by atoms with E-state index in [1.807, 2.05) is 0 Å². The third-order valence-corrected chi connectivity index (χ3v) is 0. The van der Waals surface area contributed by atoms with Crippen LogP contribution in [0.5, 0.6) is 0 Å².